The molecule has 0 aromatic heterocycles. The Morgan fingerprint density at radius 3 is 2.19 bits per heavy atom. The zero-order chi connectivity index (χ0) is 18.9. The minimum absolute atomic E-state index is 0.226. The van der Waals surface area contributed by atoms with Crippen LogP contribution in [0.5, 0.6) is 5.75 Å². The third-order valence-electron chi connectivity index (χ3n) is 3.99. The van der Waals surface area contributed by atoms with Crippen molar-refractivity contribution in [1.29, 1.82) is 0 Å². The highest BCUT2D eigenvalue weighted by atomic mass is 16.5. The average molecular weight is 350 g/mol. The van der Waals surface area contributed by atoms with E-state index in [1.54, 1.807) is 0 Å². The quantitative estimate of drug-likeness (QED) is 0.386. The Hall–Kier alpha value is -2.81. The van der Waals surface area contributed by atoms with Crippen LogP contribution in [0, 0.1) is 0 Å². The van der Waals surface area contributed by atoms with Crippen LogP contribution >= 0.6 is 0 Å². The van der Waals surface area contributed by atoms with Gasteiger partial charge in [0.05, 0.1) is 13.5 Å². The Morgan fingerprint density at radius 1 is 0.962 bits per heavy atom. The zero-order valence-corrected chi connectivity index (χ0v) is 15.9. The highest BCUT2D eigenvalue weighted by molar-refractivity contribution is 5.80. The summed E-state index contributed by atoms with van der Waals surface area (Å²) in [7, 11) is 1.40. The van der Waals surface area contributed by atoms with Gasteiger partial charge in [-0.3, -0.25) is 4.79 Å². The van der Waals surface area contributed by atoms with Gasteiger partial charge in [0.15, 0.2) is 0 Å². The van der Waals surface area contributed by atoms with Gasteiger partial charge in [-0.25, -0.2) is 0 Å². The van der Waals surface area contributed by atoms with E-state index in [1.165, 1.54) is 18.3 Å². The van der Waals surface area contributed by atoms with Crippen molar-refractivity contribution in [3.05, 3.63) is 76.9 Å². The Balaban J connectivity index is 2.02. The van der Waals surface area contributed by atoms with Crippen LogP contribution in [0.1, 0.15) is 37.5 Å². The number of methoxy groups -OCH3 is 1. The van der Waals surface area contributed by atoms with Crippen LogP contribution in [-0.4, -0.2) is 19.7 Å². The molecule has 2 aromatic rings. The summed E-state index contributed by atoms with van der Waals surface area (Å²) >= 11 is 0. The molecule has 0 saturated heterocycles. The van der Waals surface area contributed by atoms with E-state index >= 15 is 0 Å². The van der Waals surface area contributed by atoms with Gasteiger partial charge >= 0.3 is 5.97 Å². The molecule has 0 heterocycles. The molecule has 0 atom stereocenters. The summed E-state index contributed by atoms with van der Waals surface area (Å²) in [5, 5.41) is 0. The van der Waals surface area contributed by atoms with Crippen LogP contribution in [0.2, 0.25) is 0 Å². The van der Waals surface area contributed by atoms with Crippen molar-refractivity contribution in [2.45, 2.75) is 27.2 Å². The molecule has 26 heavy (non-hydrogen) atoms. The molecular formula is C23H26O3. The second-order valence-electron chi connectivity index (χ2n) is 6.44. The summed E-state index contributed by atoms with van der Waals surface area (Å²) in [5.41, 5.74) is 5.61. The lowest BCUT2D eigenvalue weighted by atomic mass is 10.0. The number of ether oxygens (including phenoxy) is 2. The van der Waals surface area contributed by atoms with Gasteiger partial charge in [0, 0.05) is 0 Å². The molecule has 0 spiro atoms. The van der Waals surface area contributed by atoms with Gasteiger partial charge < -0.3 is 9.47 Å². The Morgan fingerprint density at radius 2 is 1.62 bits per heavy atom. The molecule has 2 rings (SSSR count). The fourth-order valence-corrected chi connectivity index (χ4v) is 2.42. The lowest BCUT2D eigenvalue weighted by Gasteiger charge is -2.07. The molecule has 0 aliphatic heterocycles. The normalized spacial score (nSPS) is 11.0. The van der Waals surface area contributed by atoms with Gasteiger partial charge in [0.25, 0.3) is 0 Å². The van der Waals surface area contributed by atoms with Crippen molar-refractivity contribution >= 4 is 17.6 Å². The minimum Gasteiger partial charge on any atom is -0.490 e. The zero-order valence-electron chi connectivity index (χ0n) is 15.9. The van der Waals surface area contributed by atoms with Gasteiger partial charge in [-0.05, 0) is 61.2 Å². The number of allylic oxidation sites excluding steroid dienone is 2. The molecule has 0 aliphatic carbocycles. The van der Waals surface area contributed by atoms with Crippen LogP contribution < -0.4 is 4.74 Å². The Bertz CT molecular complexity index is 777. The van der Waals surface area contributed by atoms with Gasteiger partial charge in [-0.1, -0.05) is 48.0 Å². The van der Waals surface area contributed by atoms with Crippen LogP contribution in [0.25, 0.3) is 11.6 Å². The van der Waals surface area contributed by atoms with Gasteiger partial charge in [0.1, 0.15) is 12.4 Å². The van der Waals surface area contributed by atoms with Crippen molar-refractivity contribution in [3.8, 4) is 5.75 Å². The van der Waals surface area contributed by atoms with Crippen LogP contribution in [0.4, 0.5) is 0 Å². The van der Waals surface area contributed by atoms with E-state index in [4.69, 9.17) is 4.74 Å². The molecule has 2 aromatic carbocycles. The molecular weight excluding hydrogens is 324 g/mol. The van der Waals surface area contributed by atoms with E-state index in [0.717, 1.165) is 22.4 Å². The molecule has 3 heteroatoms. The maximum Gasteiger partial charge on any atom is 0.309 e. The number of hydrogen-bond acceptors (Lipinski definition) is 3. The predicted octanol–water partition coefficient (Wildman–Crippen LogP) is 5.31. The number of benzene rings is 2. The molecule has 0 saturated carbocycles. The minimum atomic E-state index is -0.226. The summed E-state index contributed by atoms with van der Waals surface area (Å²) in [6, 6.07) is 16.0. The first kappa shape index (κ1) is 19.5. The first-order chi connectivity index (χ1) is 12.5. The number of carbonyl (C=O) groups excluding carboxylic acids is 1. The summed E-state index contributed by atoms with van der Waals surface area (Å²) in [6.45, 7) is 6.79. The first-order valence-electron chi connectivity index (χ1n) is 8.68. The van der Waals surface area contributed by atoms with Crippen molar-refractivity contribution in [2.75, 3.05) is 13.7 Å². The van der Waals surface area contributed by atoms with Crippen LogP contribution in [-0.2, 0) is 16.0 Å². The van der Waals surface area contributed by atoms with Crippen molar-refractivity contribution in [2.24, 2.45) is 0 Å². The molecule has 0 fully saturated rings. The topological polar surface area (TPSA) is 35.5 Å². The summed E-state index contributed by atoms with van der Waals surface area (Å²) in [4.78, 5) is 11.3. The van der Waals surface area contributed by atoms with E-state index in [2.05, 4.69) is 49.8 Å². The maximum absolute atomic E-state index is 11.3. The van der Waals surface area contributed by atoms with Gasteiger partial charge in [0.2, 0.25) is 0 Å². The highest BCUT2D eigenvalue weighted by Gasteiger charge is 2.03. The van der Waals surface area contributed by atoms with Crippen LogP contribution in [0.3, 0.4) is 0 Å². The van der Waals surface area contributed by atoms with E-state index < -0.39 is 0 Å². The van der Waals surface area contributed by atoms with E-state index in [9.17, 15) is 4.79 Å². The number of esters is 1. The second kappa shape index (κ2) is 9.62. The van der Waals surface area contributed by atoms with Crippen molar-refractivity contribution in [1.82, 2.24) is 0 Å². The van der Waals surface area contributed by atoms with Crippen LogP contribution in [0.15, 0.2) is 60.2 Å². The Labute approximate surface area is 156 Å². The molecule has 0 amide bonds. The SMILES string of the molecule is COC(=O)Cc1ccc(C=C(C)c2ccc(OCC=C(C)C)cc2)cc1. The third kappa shape index (κ3) is 6.25. The largest absolute Gasteiger partial charge is 0.490 e. The number of hydrogen-bond donors (Lipinski definition) is 0. The van der Waals surface area contributed by atoms with Crippen molar-refractivity contribution in [3.63, 3.8) is 0 Å². The molecule has 0 unspecified atom stereocenters. The highest BCUT2D eigenvalue weighted by Crippen LogP contribution is 2.21. The summed E-state index contributed by atoms with van der Waals surface area (Å²) in [5.74, 6) is 0.641. The predicted molar refractivity (Wildman–Crippen MR) is 107 cm³/mol. The smallest absolute Gasteiger partial charge is 0.309 e. The molecule has 0 bridgehead atoms. The van der Waals surface area contributed by atoms with Crippen molar-refractivity contribution < 1.29 is 14.3 Å². The summed E-state index contributed by atoms with van der Waals surface area (Å²) < 4.78 is 10.4. The lowest BCUT2D eigenvalue weighted by Crippen LogP contribution is -2.04. The van der Waals surface area contributed by atoms with E-state index in [0.29, 0.717) is 13.0 Å². The monoisotopic (exact) mass is 350 g/mol. The standard InChI is InChI=1S/C23H26O3/c1-17(2)13-14-26-22-11-9-21(10-12-22)18(3)15-19-5-7-20(8-6-19)16-23(24)25-4/h5-13,15H,14,16H2,1-4H3. The average Bonchev–Trinajstić information content (AvgIpc) is 2.63. The fourth-order valence-electron chi connectivity index (χ4n) is 2.42. The van der Waals surface area contributed by atoms with Gasteiger partial charge in [-0.15, -0.1) is 0 Å². The molecule has 3 nitrogen and oxygen atoms in total. The van der Waals surface area contributed by atoms with Gasteiger partial charge in [-0.2, -0.15) is 0 Å². The summed E-state index contributed by atoms with van der Waals surface area (Å²) in [6.07, 6.45) is 4.48. The van der Waals surface area contributed by atoms with E-state index in [1.807, 2.05) is 36.4 Å². The maximum atomic E-state index is 11.3. The molecule has 0 radical (unpaired) electrons. The second-order valence-corrected chi connectivity index (χ2v) is 6.44. The molecule has 0 aliphatic rings. The fraction of sp³-hybridized carbons (Fsp3) is 0.261. The van der Waals surface area contributed by atoms with E-state index in [-0.39, 0.29) is 5.97 Å². The first-order valence-corrected chi connectivity index (χ1v) is 8.68. The third-order valence-corrected chi connectivity index (χ3v) is 3.99. The number of rotatable bonds is 7. The Kier molecular flexibility index (Phi) is 7.22. The molecule has 136 valence electrons. The lowest BCUT2D eigenvalue weighted by molar-refractivity contribution is -0.139. The number of carbonyl (C=O) groups is 1. The molecule has 0 N–H and O–H groups in total.